The molecule has 0 spiro atoms. The lowest BCUT2D eigenvalue weighted by atomic mass is 9.92. The van der Waals surface area contributed by atoms with E-state index in [-0.39, 0.29) is 70.1 Å². The van der Waals surface area contributed by atoms with Crippen LogP contribution in [0.2, 0.25) is 0 Å². The molecule has 0 fully saturated rings. The number of nitrogens with zero attached hydrogens (tertiary/aromatic N) is 4. The van der Waals surface area contributed by atoms with E-state index in [0.29, 0.717) is 42.5 Å². The number of alkyl halides is 27. The average molecular weight is 1450 g/mol. The standard InChI is InChI=1S/C71H29F27N4/c72-63(73,74)38-8-16-42(52(26-38)68(87,88)89)32-4-12-46-47-13-5-33(43-17-9-39(64(75,76)77)27-53(43)69(90,91)92)21-57(47)101(56(46)20-32)60-24-37(62-36(30-99)2-1-3-51(62)67(84,85)86)25-61(50(60)31-100)102-58-22-34(44-18-10-40(65(78,79)80)28-54(44)70(93,94)95)6-14-48(58)49-15-7-35(23-59(49)102)45-19-11-41(66(81,82)83)29-55(45)71(96,97)98/h1-29H. The molecule has 2 aromatic heterocycles. The van der Waals surface area contributed by atoms with Gasteiger partial charge in [-0.3, -0.25) is 0 Å². The molecule has 12 rings (SSSR count). The molecular formula is C71H29F27N4. The zero-order chi connectivity index (χ0) is 74.5. The van der Waals surface area contributed by atoms with Crippen molar-refractivity contribution >= 4 is 43.6 Å². The highest BCUT2D eigenvalue weighted by Crippen LogP contribution is 2.51. The van der Waals surface area contributed by atoms with Crippen LogP contribution >= 0.6 is 0 Å². The van der Waals surface area contributed by atoms with E-state index in [4.69, 9.17) is 0 Å². The van der Waals surface area contributed by atoms with Crippen LogP contribution in [0.25, 0.3) is 111 Å². The van der Waals surface area contributed by atoms with E-state index in [2.05, 4.69) is 0 Å². The number of aromatic nitrogens is 2. The van der Waals surface area contributed by atoms with Gasteiger partial charge in [-0.1, -0.05) is 78.9 Å². The van der Waals surface area contributed by atoms with Crippen LogP contribution in [0, 0.1) is 22.7 Å². The van der Waals surface area contributed by atoms with Gasteiger partial charge in [-0.05, 0) is 147 Å². The molecule has 0 aliphatic heterocycles. The summed E-state index contributed by atoms with van der Waals surface area (Å²) < 4.78 is 399. The summed E-state index contributed by atoms with van der Waals surface area (Å²) in [6.45, 7) is 0. The number of benzene rings is 10. The van der Waals surface area contributed by atoms with Gasteiger partial charge in [0, 0.05) is 27.1 Å². The highest BCUT2D eigenvalue weighted by atomic mass is 19.4. The molecule has 0 atom stereocenters. The Morgan fingerprint density at radius 2 is 0.510 bits per heavy atom. The topological polar surface area (TPSA) is 57.4 Å². The molecule has 0 aliphatic rings. The van der Waals surface area contributed by atoms with Crippen LogP contribution in [-0.2, 0) is 55.6 Å². The molecule has 522 valence electrons. The van der Waals surface area contributed by atoms with Gasteiger partial charge < -0.3 is 9.13 Å². The van der Waals surface area contributed by atoms with E-state index < -0.39 is 206 Å². The minimum atomic E-state index is -5.64. The maximum atomic E-state index is 15.7. The predicted octanol–water partition coefficient (Wildman–Crippen LogP) is 25.1. The molecule has 4 nitrogen and oxygen atoms in total. The van der Waals surface area contributed by atoms with E-state index in [1.54, 1.807) is 12.1 Å². The third-order valence-electron chi connectivity index (χ3n) is 16.9. The first kappa shape index (κ1) is 70.7. The summed E-state index contributed by atoms with van der Waals surface area (Å²) in [5.41, 5.74) is -31.7. The van der Waals surface area contributed by atoms with Gasteiger partial charge in [-0.15, -0.1) is 0 Å². The second-order valence-electron chi connectivity index (χ2n) is 23.0. The first-order valence-electron chi connectivity index (χ1n) is 28.7. The van der Waals surface area contributed by atoms with Gasteiger partial charge in [0.05, 0.1) is 95.1 Å². The van der Waals surface area contributed by atoms with Crippen molar-refractivity contribution in [2.45, 2.75) is 55.6 Å². The second-order valence-corrected chi connectivity index (χ2v) is 23.0. The molecule has 0 radical (unpaired) electrons. The maximum Gasteiger partial charge on any atom is 0.417 e. The van der Waals surface area contributed by atoms with Crippen molar-refractivity contribution in [1.29, 1.82) is 10.5 Å². The summed E-state index contributed by atoms with van der Waals surface area (Å²) >= 11 is 0. The van der Waals surface area contributed by atoms with Crippen LogP contribution in [0.3, 0.4) is 0 Å². The summed E-state index contributed by atoms with van der Waals surface area (Å²) in [4.78, 5) is 0. The molecule has 0 N–H and O–H groups in total. The van der Waals surface area contributed by atoms with Gasteiger partial charge in [-0.25, -0.2) is 0 Å². The predicted molar refractivity (Wildman–Crippen MR) is 317 cm³/mol. The van der Waals surface area contributed by atoms with Crippen LogP contribution in [-0.4, -0.2) is 9.13 Å². The third-order valence-corrected chi connectivity index (χ3v) is 16.9. The van der Waals surface area contributed by atoms with Crippen LogP contribution in [0.1, 0.15) is 61.2 Å². The smallest absolute Gasteiger partial charge is 0.308 e. The summed E-state index contributed by atoms with van der Waals surface area (Å²) in [6.07, 6.45) is -49.8. The van der Waals surface area contributed by atoms with Crippen LogP contribution in [0.5, 0.6) is 0 Å². The Labute approximate surface area is 552 Å². The number of hydrogen-bond donors (Lipinski definition) is 0. The van der Waals surface area contributed by atoms with Crippen molar-refractivity contribution in [3.05, 3.63) is 237 Å². The maximum absolute atomic E-state index is 15.7. The molecular weight excluding hydrogens is 1420 g/mol. The van der Waals surface area contributed by atoms with E-state index in [0.717, 1.165) is 94.1 Å². The molecule has 12 aromatic rings. The van der Waals surface area contributed by atoms with Gasteiger partial charge >= 0.3 is 55.6 Å². The Bertz CT molecular complexity index is 4970. The zero-order valence-electron chi connectivity index (χ0n) is 49.7. The fourth-order valence-corrected chi connectivity index (χ4v) is 12.5. The van der Waals surface area contributed by atoms with E-state index in [9.17, 15) is 63.2 Å². The fraction of sp³-hybridized carbons (Fsp3) is 0.127. The van der Waals surface area contributed by atoms with E-state index >= 15 is 65.9 Å². The van der Waals surface area contributed by atoms with Crippen LogP contribution < -0.4 is 0 Å². The van der Waals surface area contributed by atoms with Crippen molar-refractivity contribution in [3.63, 3.8) is 0 Å². The van der Waals surface area contributed by atoms with Gasteiger partial charge in [0.15, 0.2) is 0 Å². The Hall–Kier alpha value is -11.1. The number of fused-ring (bicyclic) bond motifs is 6. The van der Waals surface area contributed by atoms with Crippen LogP contribution in [0.15, 0.2) is 176 Å². The molecule has 0 bridgehead atoms. The summed E-state index contributed by atoms with van der Waals surface area (Å²) in [6, 6.07) is 18.8. The highest BCUT2D eigenvalue weighted by Gasteiger charge is 2.44. The minimum absolute atomic E-state index is 0.235. The molecule has 0 amide bonds. The van der Waals surface area contributed by atoms with Gasteiger partial charge in [0.25, 0.3) is 0 Å². The molecule has 0 unspecified atom stereocenters. The Kier molecular flexibility index (Phi) is 16.5. The first-order chi connectivity index (χ1) is 47.2. The molecule has 31 heteroatoms. The normalized spacial score (nSPS) is 13.2. The monoisotopic (exact) mass is 1450 g/mol. The lowest BCUT2D eigenvalue weighted by Crippen LogP contribution is -2.12. The Morgan fingerprint density at radius 3 is 0.735 bits per heavy atom. The zero-order valence-corrected chi connectivity index (χ0v) is 49.7. The second kappa shape index (κ2) is 23.8. The molecule has 2 heterocycles. The SMILES string of the molecule is N#Cc1cccc(C(F)(F)F)c1-c1cc(-n2c3cc(-c4ccc(C(F)(F)F)cc4C(F)(F)F)ccc3c3ccc(-c4ccc(C(F)(F)F)cc4C(F)(F)F)cc32)c(C#N)c(-n2c3cc(-c4ccc(C(F)(F)F)cc4C(F)(F)F)ccc3c3ccc(-c4ccc(C(F)(F)F)cc4C(F)(F)F)cc32)c1. The lowest BCUT2D eigenvalue weighted by molar-refractivity contribution is -0.144. The number of hydrogen-bond acceptors (Lipinski definition) is 2. The van der Waals surface area contributed by atoms with E-state index in [1.807, 2.05) is 0 Å². The molecule has 0 aliphatic carbocycles. The first-order valence-corrected chi connectivity index (χ1v) is 28.7. The van der Waals surface area contributed by atoms with Crippen molar-refractivity contribution in [1.82, 2.24) is 9.13 Å². The average Bonchev–Trinajstić information content (AvgIpc) is 1.54. The van der Waals surface area contributed by atoms with Gasteiger partial charge in [-0.2, -0.15) is 129 Å². The van der Waals surface area contributed by atoms with Crippen molar-refractivity contribution in [2.24, 2.45) is 0 Å². The molecule has 0 saturated carbocycles. The highest BCUT2D eigenvalue weighted by molar-refractivity contribution is 6.14. The molecule has 102 heavy (non-hydrogen) atoms. The number of halogens is 27. The lowest BCUT2D eigenvalue weighted by Gasteiger charge is -2.21. The van der Waals surface area contributed by atoms with Gasteiger partial charge in [0.1, 0.15) is 11.6 Å². The third kappa shape index (κ3) is 12.7. The largest absolute Gasteiger partial charge is 0.417 e. The Morgan fingerprint density at radius 1 is 0.245 bits per heavy atom. The van der Waals surface area contributed by atoms with Crippen molar-refractivity contribution < 1.29 is 119 Å². The van der Waals surface area contributed by atoms with Gasteiger partial charge in [0.2, 0.25) is 0 Å². The van der Waals surface area contributed by atoms with Crippen LogP contribution in [0.4, 0.5) is 119 Å². The summed E-state index contributed by atoms with van der Waals surface area (Å²) in [5, 5.41) is 21.4. The molecule has 0 saturated heterocycles. The quantitative estimate of drug-likeness (QED) is 0.149. The van der Waals surface area contributed by atoms with E-state index in [1.165, 1.54) is 0 Å². The molecule has 10 aromatic carbocycles. The van der Waals surface area contributed by atoms with Crippen molar-refractivity contribution in [2.75, 3.05) is 0 Å². The number of nitriles is 2. The number of rotatable bonds is 7. The summed E-state index contributed by atoms with van der Waals surface area (Å²) in [7, 11) is 0. The van der Waals surface area contributed by atoms with Crippen molar-refractivity contribution in [3.8, 4) is 79.1 Å². The Balaban J connectivity index is 1.30. The fourth-order valence-electron chi connectivity index (χ4n) is 12.5. The summed E-state index contributed by atoms with van der Waals surface area (Å²) in [5.74, 6) is 0. The minimum Gasteiger partial charge on any atom is -0.308 e.